The number of aryl methyl sites for hydroxylation is 3. The van der Waals surface area contributed by atoms with Crippen LogP contribution in [0.1, 0.15) is 16.7 Å². The lowest BCUT2D eigenvalue weighted by Crippen LogP contribution is -2.04. The van der Waals surface area contributed by atoms with E-state index in [1.807, 2.05) is 13.0 Å². The smallest absolute Gasteiger partial charge is 0.296 e. The highest BCUT2D eigenvalue weighted by molar-refractivity contribution is 7.86. The van der Waals surface area contributed by atoms with E-state index in [4.69, 9.17) is 10.6 Å². The fourth-order valence-electron chi connectivity index (χ4n) is 5.78. The van der Waals surface area contributed by atoms with Gasteiger partial charge in [0, 0.05) is 17.1 Å². The monoisotopic (exact) mass is 820 g/mol. The van der Waals surface area contributed by atoms with Gasteiger partial charge in [0.2, 0.25) is 0 Å². The van der Waals surface area contributed by atoms with Crippen molar-refractivity contribution in [1.29, 1.82) is 0 Å². The molecule has 0 radical (unpaired) electrons. The van der Waals surface area contributed by atoms with Crippen LogP contribution in [0, 0.1) is 20.8 Å². The number of azo groups is 4. The molecule has 7 aromatic carbocycles. The van der Waals surface area contributed by atoms with Crippen molar-refractivity contribution in [3.63, 3.8) is 0 Å². The topological polar surface area (TPSA) is 241 Å². The molecule has 0 spiro atoms. The molecule has 0 aromatic heterocycles. The molecule has 16 nitrogen and oxygen atoms in total. The number of hydrogen-bond acceptors (Lipinski definition) is 15. The number of benzene rings is 7. The van der Waals surface area contributed by atoms with E-state index >= 15 is 0 Å². The lowest BCUT2D eigenvalue weighted by atomic mass is 10.1. The van der Waals surface area contributed by atoms with E-state index in [1.54, 1.807) is 111 Å². The zero-order chi connectivity index (χ0) is 42.4. The molecular weight excluding hydrogens is 785 g/mol. The summed E-state index contributed by atoms with van der Waals surface area (Å²) in [6, 6.07) is 35.0. The van der Waals surface area contributed by atoms with Crippen molar-refractivity contribution in [1.82, 2.24) is 0 Å². The average molecular weight is 821 g/mol. The van der Waals surface area contributed by atoms with Gasteiger partial charge in [-0.05, 0) is 146 Å². The van der Waals surface area contributed by atoms with Crippen molar-refractivity contribution in [3.8, 4) is 17.2 Å². The maximum Gasteiger partial charge on any atom is 0.296 e. The van der Waals surface area contributed by atoms with Gasteiger partial charge in [0.25, 0.3) is 10.1 Å². The normalized spacial score (nSPS) is 12.1. The van der Waals surface area contributed by atoms with Crippen molar-refractivity contribution >= 4 is 77.8 Å². The Balaban J connectivity index is 0.985. The third-order valence-electron chi connectivity index (χ3n) is 9.01. The Morgan fingerprint density at radius 3 is 1.78 bits per heavy atom. The largest absolute Gasteiger partial charge is 0.506 e. The predicted molar refractivity (Wildman–Crippen MR) is 229 cm³/mol. The van der Waals surface area contributed by atoms with Crippen molar-refractivity contribution in [3.05, 3.63) is 144 Å². The van der Waals surface area contributed by atoms with Crippen LogP contribution in [0.25, 0.3) is 10.8 Å². The molecule has 0 unspecified atom stereocenters. The zero-order valence-electron chi connectivity index (χ0n) is 32.3. The van der Waals surface area contributed by atoms with Crippen molar-refractivity contribution in [2.45, 2.75) is 25.7 Å². The van der Waals surface area contributed by atoms with Gasteiger partial charge in [-0.25, -0.2) is 5.48 Å². The van der Waals surface area contributed by atoms with Crippen molar-refractivity contribution < 1.29 is 28.0 Å². The van der Waals surface area contributed by atoms with Crippen LogP contribution >= 0.6 is 0 Å². The molecule has 7 rings (SSSR count). The number of phenolic OH excluding ortho intramolecular Hbond substituents is 2. The van der Waals surface area contributed by atoms with Crippen LogP contribution in [-0.2, 0) is 10.1 Å². The van der Waals surface area contributed by atoms with Gasteiger partial charge in [-0.15, -0.1) is 15.3 Å². The maximum atomic E-state index is 11.7. The van der Waals surface area contributed by atoms with Gasteiger partial charge in [-0.3, -0.25) is 4.55 Å². The van der Waals surface area contributed by atoms with E-state index in [0.717, 1.165) is 16.5 Å². The van der Waals surface area contributed by atoms with Crippen molar-refractivity contribution in [2.75, 3.05) is 11.2 Å². The molecule has 0 heterocycles. The van der Waals surface area contributed by atoms with Crippen LogP contribution in [-0.4, -0.2) is 23.2 Å². The van der Waals surface area contributed by atoms with Crippen LogP contribution < -0.4 is 16.1 Å². The molecule has 0 aliphatic carbocycles. The van der Waals surface area contributed by atoms with Gasteiger partial charge in [0.05, 0.1) is 34.1 Å². The molecule has 6 N–H and O–H groups in total. The summed E-state index contributed by atoms with van der Waals surface area (Å²) < 4.78 is 32.8. The van der Waals surface area contributed by atoms with Crippen LogP contribution in [0.2, 0.25) is 0 Å². The molecule has 0 atom stereocenters. The highest BCUT2D eigenvalue weighted by atomic mass is 32.2. The molecular formula is C43H36N10O6S. The number of nitrogens with zero attached hydrogens (tertiary/aromatic N) is 8. The standard InChI is InChI=1S/C43H36N10O6S/c1-25-20-31(12-18-35(25)47-45-30-13-19-36(26(2)21-30)48-49-37-6-4-5-7-42(37)60(56,57)58)46-51-39-24-41(54)40(22-27(39)3)52-50-38-17-8-28-23-32(11-16-34(28)43(38)55)53-59-33-14-9-29(44)10-15-33/h4-24,53-55H,44H2,1-3H3,(H,56,57,58). The fourth-order valence-corrected chi connectivity index (χ4v) is 6.41. The van der Waals surface area contributed by atoms with E-state index in [9.17, 15) is 23.2 Å². The van der Waals surface area contributed by atoms with E-state index in [1.165, 1.54) is 24.3 Å². The summed E-state index contributed by atoms with van der Waals surface area (Å²) in [7, 11) is -4.46. The number of hydrogen-bond donors (Lipinski definition) is 5. The number of aromatic hydroxyl groups is 2. The van der Waals surface area contributed by atoms with Gasteiger partial charge < -0.3 is 20.8 Å². The first kappa shape index (κ1) is 40.3. The first-order valence-electron chi connectivity index (χ1n) is 18.1. The lowest BCUT2D eigenvalue weighted by Gasteiger charge is -2.10. The molecule has 17 heteroatoms. The van der Waals surface area contributed by atoms with Gasteiger partial charge in [0.15, 0.2) is 11.5 Å². The van der Waals surface area contributed by atoms with Crippen LogP contribution in [0.3, 0.4) is 0 Å². The quantitative estimate of drug-likeness (QED) is 0.0343. The molecule has 0 saturated carbocycles. The van der Waals surface area contributed by atoms with E-state index in [-0.39, 0.29) is 33.5 Å². The number of rotatable bonds is 12. The number of phenols is 2. The molecule has 0 amide bonds. The molecule has 0 aliphatic rings. The molecule has 0 bridgehead atoms. The number of nitrogens with one attached hydrogen (secondary N) is 1. The SMILES string of the molecule is Cc1cc(N=Nc2cc(O)c(N=Nc3ccc4cc(NOc5ccc(N)cc5)ccc4c3O)cc2C)ccc1N=Nc1ccc(N=Nc2ccccc2S(=O)(=O)O)c(C)c1. The fraction of sp³-hybridized carbons (Fsp3) is 0.0698. The molecule has 300 valence electrons. The summed E-state index contributed by atoms with van der Waals surface area (Å²) in [5.41, 5.74) is 15.2. The molecule has 7 aromatic rings. The molecule has 0 aliphatic heterocycles. The third-order valence-corrected chi connectivity index (χ3v) is 9.91. The third kappa shape index (κ3) is 9.62. The first-order valence-corrected chi connectivity index (χ1v) is 19.6. The summed E-state index contributed by atoms with van der Waals surface area (Å²) in [4.78, 5) is 5.26. The number of fused-ring (bicyclic) bond motifs is 1. The Kier molecular flexibility index (Phi) is 11.6. The van der Waals surface area contributed by atoms with Crippen LogP contribution in [0.5, 0.6) is 17.2 Å². The Bertz CT molecular complexity index is 2990. The number of nitrogens with two attached hydrogens (primary N) is 1. The minimum absolute atomic E-state index is 0.0135. The number of nitrogen functional groups attached to an aromatic ring is 1. The number of anilines is 2. The second-order valence-corrected chi connectivity index (χ2v) is 14.8. The second kappa shape index (κ2) is 17.3. The Morgan fingerprint density at radius 2 is 1.12 bits per heavy atom. The summed E-state index contributed by atoms with van der Waals surface area (Å²) >= 11 is 0. The molecule has 60 heavy (non-hydrogen) atoms. The lowest BCUT2D eigenvalue weighted by molar-refractivity contribution is 0.405. The summed E-state index contributed by atoms with van der Waals surface area (Å²) in [6.45, 7) is 5.47. The minimum Gasteiger partial charge on any atom is -0.506 e. The van der Waals surface area contributed by atoms with Gasteiger partial charge in [-0.2, -0.15) is 34.0 Å². The van der Waals surface area contributed by atoms with Crippen LogP contribution in [0.15, 0.2) is 173 Å². The summed E-state index contributed by atoms with van der Waals surface area (Å²) in [6.07, 6.45) is 0. The maximum absolute atomic E-state index is 11.7. The van der Waals surface area contributed by atoms with Gasteiger partial charge in [-0.1, -0.05) is 18.2 Å². The summed E-state index contributed by atoms with van der Waals surface area (Å²) in [5.74, 6) is 0.352. The minimum atomic E-state index is -4.46. The predicted octanol–water partition coefficient (Wildman–Crippen LogP) is 13.1. The van der Waals surface area contributed by atoms with Gasteiger partial charge in [0.1, 0.15) is 27.7 Å². The van der Waals surface area contributed by atoms with E-state index < -0.39 is 10.1 Å². The Labute approximate surface area is 343 Å². The Hall–Kier alpha value is -7.89. The first-order chi connectivity index (χ1) is 28.8. The molecule has 0 saturated heterocycles. The van der Waals surface area contributed by atoms with E-state index in [2.05, 4.69) is 46.4 Å². The average Bonchev–Trinajstić information content (AvgIpc) is 3.22. The van der Waals surface area contributed by atoms with Crippen molar-refractivity contribution in [2.24, 2.45) is 40.9 Å². The second-order valence-electron chi connectivity index (χ2n) is 13.5. The summed E-state index contributed by atoms with van der Waals surface area (Å²) in [5, 5.41) is 57.0. The zero-order valence-corrected chi connectivity index (χ0v) is 33.1. The van der Waals surface area contributed by atoms with Crippen LogP contribution in [0.4, 0.5) is 56.9 Å². The highest BCUT2D eigenvalue weighted by Crippen LogP contribution is 2.40. The molecule has 0 fully saturated rings. The van der Waals surface area contributed by atoms with Gasteiger partial charge >= 0.3 is 0 Å². The Morgan fingerprint density at radius 1 is 0.550 bits per heavy atom. The highest BCUT2D eigenvalue weighted by Gasteiger charge is 2.15. The van der Waals surface area contributed by atoms with E-state index in [0.29, 0.717) is 56.5 Å².